The van der Waals surface area contributed by atoms with Crippen LogP contribution >= 0.6 is 0 Å². The van der Waals surface area contributed by atoms with Crippen molar-refractivity contribution in [3.63, 3.8) is 0 Å². The summed E-state index contributed by atoms with van der Waals surface area (Å²) in [6.07, 6.45) is 4.75. The smallest absolute Gasteiger partial charge is 0.279 e. The zero-order chi connectivity index (χ0) is 12.7. The van der Waals surface area contributed by atoms with Crippen LogP contribution in [0.2, 0.25) is 0 Å². The molecule has 0 aliphatic carbocycles. The lowest BCUT2D eigenvalue weighted by Gasteiger charge is -2.22. The van der Waals surface area contributed by atoms with Crippen molar-refractivity contribution in [2.45, 2.75) is 45.1 Å². The van der Waals surface area contributed by atoms with Crippen molar-refractivity contribution >= 4 is 10.2 Å². The molecule has 1 saturated heterocycles. The Kier molecular flexibility index (Phi) is 6.40. The molecule has 102 valence electrons. The van der Waals surface area contributed by atoms with Gasteiger partial charge < -0.3 is 5.32 Å². The maximum atomic E-state index is 12.0. The van der Waals surface area contributed by atoms with Gasteiger partial charge in [-0.3, -0.25) is 0 Å². The Morgan fingerprint density at radius 2 is 2.12 bits per heavy atom. The first-order chi connectivity index (χ1) is 8.06. The molecule has 1 unspecified atom stereocenters. The summed E-state index contributed by atoms with van der Waals surface area (Å²) in [5.41, 5.74) is 0. The summed E-state index contributed by atoms with van der Waals surface area (Å²) in [7, 11) is -1.65. The molecule has 6 heteroatoms. The standard InChI is InChI=1S/C11H25N3O2S/c1-3-4-10-14(2)17(15,16)13-11-6-5-8-12-9-7-11/h11-13H,3-10H2,1-2H3. The second kappa shape index (κ2) is 7.31. The Morgan fingerprint density at radius 3 is 2.82 bits per heavy atom. The Labute approximate surface area is 105 Å². The lowest BCUT2D eigenvalue weighted by Crippen LogP contribution is -2.44. The maximum Gasteiger partial charge on any atom is 0.279 e. The number of rotatable bonds is 6. The molecule has 0 aromatic rings. The third-order valence-corrected chi connectivity index (χ3v) is 4.76. The van der Waals surface area contributed by atoms with Crippen LogP contribution in [0.3, 0.4) is 0 Å². The van der Waals surface area contributed by atoms with E-state index in [2.05, 4.69) is 17.0 Å². The van der Waals surface area contributed by atoms with Crippen LogP contribution in [0.25, 0.3) is 0 Å². The largest absolute Gasteiger partial charge is 0.317 e. The Balaban J connectivity index is 2.46. The third kappa shape index (κ3) is 5.33. The van der Waals surface area contributed by atoms with Gasteiger partial charge in [0.2, 0.25) is 0 Å². The second-order valence-electron chi connectivity index (χ2n) is 4.68. The molecule has 0 aromatic heterocycles. The average molecular weight is 263 g/mol. The maximum absolute atomic E-state index is 12.0. The fourth-order valence-electron chi connectivity index (χ4n) is 1.94. The Bertz CT molecular complexity index is 298. The topological polar surface area (TPSA) is 61.4 Å². The predicted molar refractivity (Wildman–Crippen MR) is 70.1 cm³/mol. The van der Waals surface area contributed by atoms with Crippen molar-refractivity contribution in [2.24, 2.45) is 0 Å². The number of nitrogens with zero attached hydrogens (tertiary/aromatic N) is 1. The highest BCUT2D eigenvalue weighted by Gasteiger charge is 2.22. The average Bonchev–Trinajstić information content (AvgIpc) is 2.53. The van der Waals surface area contributed by atoms with Crippen LogP contribution in [-0.2, 0) is 10.2 Å². The molecule has 0 spiro atoms. The van der Waals surface area contributed by atoms with E-state index in [0.29, 0.717) is 6.54 Å². The van der Waals surface area contributed by atoms with Crippen molar-refractivity contribution in [1.82, 2.24) is 14.3 Å². The van der Waals surface area contributed by atoms with Crippen LogP contribution in [0.5, 0.6) is 0 Å². The molecule has 0 saturated carbocycles. The minimum absolute atomic E-state index is 0.0825. The molecule has 1 aliphatic rings. The first-order valence-electron chi connectivity index (χ1n) is 6.50. The minimum atomic E-state index is -3.29. The van der Waals surface area contributed by atoms with Crippen molar-refractivity contribution in [3.8, 4) is 0 Å². The minimum Gasteiger partial charge on any atom is -0.317 e. The van der Waals surface area contributed by atoms with E-state index in [1.165, 1.54) is 4.31 Å². The van der Waals surface area contributed by atoms with Crippen LogP contribution in [0.4, 0.5) is 0 Å². The van der Waals surface area contributed by atoms with Gasteiger partial charge in [0.05, 0.1) is 0 Å². The first kappa shape index (κ1) is 14.9. The second-order valence-corrected chi connectivity index (χ2v) is 6.48. The van der Waals surface area contributed by atoms with Gasteiger partial charge in [-0.1, -0.05) is 13.3 Å². The summed E-state index contributed by atoms with van der Waals surface area (Å²) >= 11 is 0. The zero-order valence-corrected chi connectivity index (χ0v) is 11.7. The first-order valence-corrected chi connectivity index (χ1v) is 7.94. The molecule has 0 amide bonds. The number of nitrogens with one attached hydrogen (secondary N) is 2. The Morgan fingerprint density at radius 1 is 1.35 bits per heavy atom. The van der Waals surface area contributed by atoms with E-state index >= 15 is 0 Å². The van der Waals surface area contributed by atoms with Crippen molar-refractivity contribution in [3.05, 3.63) is 0 Å². The quantitative estimate of drug-likeness (QED) is 0.741. The molecule has 1 aliphatic heterocycles. The number of hydrogen-bond acceptors (Lipinski definition) is 3. The molecule has 0 bridgehead atoms. The normalized spacial score (nSPS) is 22.6. The molecular formula is C11H25N3O2S. The van der Waals surface area contributed by atoms with Crippen LogP contribution < -0.4 is 10.0 Å². The summed E-state index contributed by atoms with van der Waals surface area (Å²) in [4.78, 5) is 0. The summed E-state index contributed by atoms with van der Waals surface area (Å²) in [6.45, 7) is 4.54. The van der Waals surface area contributed by atoms with Gasteiger partial charge in [-0.2, -0.15) is 17.4 Å². The molecule has 1 atom stereocenters. The lowest BCUT2D eigenvalue weighted by molar-refractivity contribution is 0.430. The van der Waals surface area contributed by atoms with Gasteiger partial charge in [-0.25, -0.2) is 0 Å². The summed E-state index contributed by atoms with van der Waals surface area (Å²) < 4.78 is 28.2. The highest BCUT2D eigenvalue weighted by atomic mass is 32.2. The molecule has 0 aromatic carbocycles. The van der Waals surface area contributed by atoms with Gasteiger partial charge in [-0.15, -0.1) is 0 Å². The molecule has 5 nitrogen and oxygen atoms in total. The molecular weight excluding hydrogens is 238 g/mol. The van der Waals surface area contributed by atoms with Gasteiger partial charge in [0.1, 0.15) is 0 Å². The summed E-state index contributed by atoms with van der Waals surface area (Å²) in [6, 6.07) is 0.0825. The van der Waals surface area contributed by atoms with Gasteiger partial charge in [0, 0.05) is 19.6 Å². The van der Waals surface area contributed by atoms with Crippen molar-refractivity contribution in [2.75, 3.05) is 26.7 Å². The van der Waals surface area contributed by atoms with Gasteiger partial charge in [0.15, 0.2) is 0 Å². The van der Waals surface area contributed by atoms with Gasteiger partial charge in [-0.05, 0) is 38.8 Å². The molecule has 2 N–H and O–H groups in total. The van der Waals surface area contributed by atoms with Crippen LogP contribution in [0, 0.1) is 0 Å². The van der Waals surface area contributed by atoms with E-state index < -0.39 is 10.2 Å². The van der Waals surface area contributed by atoms with Crippen molar-refractivity contribution < 1.29 is 8.42 Å². The molecule has 17 heavy (non-hydrogen) atoms. The SMILES string of the molecule is CCCCN(C)S(=O)(=O)NC1CCCNCC1. The van der Waals surface area contributed by atoms with Crippen molar-refractivity contribution in [1.29, 1.82) is 0 Å². The lowest BCUT2D eigenvalue weighted by atomic mass is 10.1. The number of unbranched alkanes of at least 4 members (excludes halogenated alkanes) is 1. The highest BCUT2D eigenvalue weighted by molar-refractivity contribution is 7.87. The molecule has 1 heterocycles. The fourth-order valence-corrected chi connectivity index (χ4v) is 3.14. The summed E-state index contributed by atoms with van der Waals surface area (Å²) in [5.74, 6) is 0. The zero-order valence-electron chi connectivity index (χ0n) is 10.9. The van der Waals surface area contributed by atoms with E-state index in [1.807, 2.05) is 0 Å². The van der Waals surface area contributed by atoms with E-state index in [9.17, 15) is 8.42 Å². The highest BCUT2D eigenvalue weighted by Crippen LogP contribution is 2.08. The van der Waals surface area contributed by atoms with E-state index in [0.717, 1.165) is 45.2 Å². The molecule has 0 radical (unpaired) electrons. The van der Waals surface area contributed by atoms with E-state index in [-0.39, 0.29) is 6.04 Å². The number of hydrogen-bond donors (Lipinski definition) is 2. The Hall–Kier alpha value is -0.170. The van der Waals surface area contributed by atoms with Gasteiger partial charge in [0.25, 0.3) is 10.2 Å². The van der Waals surface area contributed by atoms with Crippen LogP contribution in [-0.4, -0.2) is 45.4 Å². The summed E-state index contributed by atoms with van der Waals surface area (Å²) in [5, 5.41) is 3.28. The fraction of sp³-hybridized carbons (Fsp3) is 1.00. The monoisotopic (exact) mass is 263 g/mol. The van der Waals surface area contributed by atoms with Gasteiger partial charge >= 0.3 is 0 Å². The van der Waals surface area contributed by atoms with Crippen LogP contribution in [0.1, 0.15) is 39.0 Å². The van der Waals surface area contributed by atoms with E-state index in [1.54, 1.807) is 7.05 Å². The molecule has 1 fully saturated rings. The van der Waals surface area contributed by atoms with E-state index in [4.69, 9.17) is 0 Å². The third-order valence-electron chi connectivity index (χ3n) is 3.13. The van der Waals surface area contributed by atoms with Crippen LogP contribution in [0.15, 0.2) is 0 Å². The predicted octanol–water partition coefficient (Wildman–Crippen LogP) is 0.695. The molecule has 1 rings (SSSR count).